The van der Waals surface area contributed by atoms with Crippen molar-refractivity contribution in [3.8, 4) is 0 Å². The molecule has 0 rings (SSSR count). The van der Waals surface area contributed by atoms with Crippen LogP contribution in [0.2, 0.25) is 0 Å². The smallest absolute Gasteiger partial charge is 0.327 e. The van der Waals surface area contributed by atoms with Crippen molar-refractivity contribution in [3.63, 3.8) is 0 Å². The monoisotopic (exact) mass is 352 g/mol. The minimum atomic E-state index is -0.981. The van der Waals surface area contributed by atoms with Gasteiger partial charge in [-0.25, -0.2) is 4.79 Å². The third kappa shape index (κ3) is 22.2. The SMILES string of the molecule is C=CC(=O)O.CCCCCC=CC/C=C\C(CCCCCC)C(=O)O. The number of unbranched alkanes of at least 4 members (excludes halogenated alkanes) is 6. The van der Waals surface area contributed by atoms with Crippen LogP contribution < -0.4 is 0 Å². The van der Waals surface area contributed by atoms with Gasteiger partial charge in [0.2, 0.25) is 0 Å². The van der Waals surface area contributed by atoms with E-state index in [0.717, 1.165) is 38.2 Å². The molecule has 0 bridgehead atoms. The number of allylic oxidation sites excluding steroid dienone is 3. The third-order valence-corrected chi connectivity index (χ3v) is 3.64. The van der Waals surface area contributed by atoms with Gasteiger partial charge in [0.05, 0.1) is 5.92 Å². The van der Waals surface area contributed by atoms with Gasteiger partial charge < -0.3 is 10.2 Å². The van der Waals surface area contributed by atoms with Crippen LogP contribution in [-0.4, -0.2) is 22.2 Å². The van der Waals surface area contributed by atoms with Crippen LogP contribution in [0, 0.1) is 5.92 Å². The van der Waals surface area contributed by atoms with Crippen LogP contribution in [0.4, 0.5) is 0 Å². The average molecular weight is 353 g/mol. The predicted octanol–water partition coefficient (Wildman–Crippen LogP) is 6.00. The standard InChI is InChI=1S/C18H32O2.C3H4O2/c1-3-5-7-9-10-11-12-14-16-17(18(19)20)15-13-8-6-4-2;1-2-3(4)5/h10-11,14,16-17H,3-9,12-13,15H2,1-2H3,(H,19,20);2H,1H2,(H,4,5)/b11-10?,16-14-;. The van der Waals surface area contributed by atoms with Gasteiger partial charge in [0.15, 0.2) is 0 Å². The van der Waals surface area contributed by atoms with Gasteiger partial charge in [-0.2, -0.15) is 0 Å². The van der Waals surface area contributed by atoms with Crippen molar-refractivity contribution in [1.82, 2.24) is 0 Å². The highest BCUT2D eigenvalue weighted by molar-refractivity contribution is 5.78. The minimum absolute atomic E-state index is 0.305. The molecule has 0 aliphatic heterocycles. The fraction of sp³-hybridized carbons (Fsp3) is 0.619. The van der Waals surface area contributed by atoms with E-state index in [4.69, 9.17) is 10.2 Å². The van der Waals surface area contributed by atoms with Crippen LogP contribution in [0.25, 0.3) is 0 Å². The highest BCUT2D eigenvalue weighted by Crippen LogP contribution is 2.13. The van der Waals surface area contributed by atoms with Gasteiger partial charge in [0, 0.05) is 6.08 Å². The van der Waals surface area contributed by atoms with Gasteiger partial charge >= 0.3 is 11.9 Å². The van der Waals surface area contributed by atoms with Gasteiger partial charge in [-0.3, -0.25) is 4.79 Å². The summed E-state index contributed by atoms with van der Waals surface area (Å²) in [5, 5.41) is 16.8. The summed E-state index contributed by atoms with van der Waals surface area (Å²) < 4.78 is 0. The zero-order valence-corrected chi connectivity index (χ0v) is 16.0. The summed E-state index contributed by atoms with van der Waals surface area (Å²) in [7, 11) is 0. The Bertz CT molecular complexity index is 397. The summed E-state index contributed by atoms with van der Waals surface area (Å²) in [6.45, 7) is 7.34. The molecule has 0 fully saturated rings. The Morgan fingerprint density at radius 2 is 1.52 bits per heavy atom. The number of rotatable bonds is 14. The van der Waals surface area contributed by atoms with E-state index in [1.807, 2.05) is 12.2 Å². The van der Waals surface area contributed by atoms with E-state index in [1.165, 1.54) is 32.1 Å². The molecule has 0 aromatic heterocycles. The van der Waals surface area contributed by atoms with Gasteiger partial charge in [0.1, 0.15) is 0 Å². The van der Waals surface area contributed by atoms with Gasteiger partial charge in [-0.05, 0) is 25.7 Å². The number of carboxylic acid groups (broad SMARTS) is 2. The van der Waals surface area contributed by atoms with Crippen molar-refractivity contribution >= 4 is 11.9 Å². The molecule has 0 amide bonds. The first-order chi connectivity index (χ1) is 12.0. The number of carbonyl (C=O) groups is 2. The Morgan fingerprint density at radius 1 is 0.920 bits per heavy atom. The van der Waals surface area contributed by atoms with Gasteiger partial charge in [0.25, 0.3) is 0 Å². The quantitative estimate of drug-likeness (QED) is 0.228. The fourth-order valence-corrected chi connectivity index (χ4v) is 2.14. The molecule has 4 heteroatoms. The molecule has 0 radical (unpaired) electrons. The summed E-state index contributed by atoms with van der Waals surface area (Å²) in [5.74, 6) is -1.98. The van der Waals surface area contributed by atoms with Gasteiger partial charge in [-0.1, -0.05) is 83.3 Å². The topological polar surface area (TPSA) is 74.6 Å². The summed E-state index contributed by atoms with van der Waals surface area (Å²) in [4.78, 5) is 20.4. The molecule has 0 heterocycles. The lowest BCUT2D eigenvalue weighted by Gasteiger charge is -2.06. The third-order valence-electron chi connectivity index (χ3n) is 3.64. The van der Waals surface area contributed by atoms with Crippen molar-refractivity contribution in [1.29, 1.82) is 0 Å². The van der Waals surface area contributed by atoms with Crippen molar-refractivity contribution in [2.45, 2.75) is 78.1 Å². The Balaban J connectivity index is 0. The molecule has 0 aliphatic carbocycles. The summed E-state index contributed by atoms with van der Waals surface area (Å²) in [5.41, 5.74) is 0. The maximum absolute atomic E-state index is 11.1. The molecule has 0 spiro atoms. The first-order valence-electron chi connectivity index (χ1n) is 9.39. The number of carboxylic acids is 2. The number of hydrogen-bond acceptors (Lipinski definition) is 2. The summed E-state index contributed by atoms with van der Waals surface area (Å²) in [6.07, 6.45) is 20.2. The second-order valence-corrected chi connectivity index (χ2v) is 5.97. The van der Waals surface area contributed by atoms with Crippen LogP contribution in [0.5, 0.6) is 0 Å². The van der Waals surface area contributed by atoms with Crippen LogP contribution in [-0.2, 0) is 9.59 Å². The van der Waals surface area contributed by atoms with E-state index in [9.17, 15) is 9.59 Å². The van der Waals surface area contributed by atoms with Crippen LogP contribution in [0.3, 0.4) is 0 Å². The van der Waals surface area contributed by atoms with Crippen LogP contribution >= 0.6 is 0 Å². The summed E-state index contributed by atoms with van der Waals surface area (Å²) in [6, 6.07) is 0. The van der Waals surface area contributed by atoms with E-state index in [2.05, 4.69) is 32.6 Å². The predicted molar refractivity (Wildman–Crippen MR) is 105 cm³/mol. The second-order valence-electron chi connectivity index (χ2n) is 5.97. The van der Waals surface area contributed by atoms with E-state index in [1.54, 1.807) is 0 Å². The zero-order valence-electron chi connectivity index (χ0n) is 16.0. The second kappa shape index (κ2) is 20.2. The number of aliphatic carboxylic acids is 2. The van der Waals surface area contributed by atoms with Crippen molar-refractivity contribution in [3.05, 3.63) is 37.0 Å². The molecule has 0 aromatic rings. The average Bonchev–Trinajstić information content (AvgIpc) is 2.59. The Morgan fingerprint density at radius 3 is 2.04 bits per heavy atom. The normalized spacial score (nSPS) is 11.9. The molecule has 4 nitrogen and oxygen atoms in total. The van der Waals surface area contributed by atoms with Crippen LogP contribution in [0.1, 0.15) is 78.1 Å². The lowest BCUT2D eigenvalue weighted by molar-refractivity contribution is -0.140. The van der Waals surface area contributed by atoms with Crippen molar-refractivity contribution in [2.24, 2.45) is 5.92 Å². The first-order valence-corrected chi connectivity index (χ1v) is 9.39. The fourth-order valence-electron chi connectivity index (χ4n) is 2.14. The Hall–Kier alpha value is -1.84. The van der Waals surface area contributed by atoms with Crippen molar-refractivity contribution in [2.75, 3.05) is 0 Å². The molecule has 0 saturated carbocycles. The lowest BCUT2D eigenvalue weighted by Crippen LogP contribution is -2.10. The molecular weight excluding hydrogens is 316 g/mol. The highest BCUT2D eigenvalue weighted by Gasteiger charge is 2.12. The maximum Gasteiger partial charge on any atom is 0.327 e. The highest BCUT2D eigenvalue weighted by atomic mass is 16.4. The van der Waals surface area contributed by atoms with E-state index >= 15 is 0 Å². The lowest BCUT2D eigenvalue weighted by atomic mass is 10.00. The van der Waals surface area contributed by atoms with E-state index < -0.39 is 11.9 Å². The summed E-state index contributed by atoms with van der Waals surface area (Å²) >= 11 is 0. The minimum Gasteiger partial charge on any atom is -0.481 e. The van der Waals surface area contributed by atoms with Gasteiger partial charge in [-0.15, -0.1) is 0 Å². The molecule has 0 saturated heterocycles. The molecule has 25 heavy (non-hydrogen) atoms. The molecular formula is C21H36O4. The maximum atomic E-state index is 11.1. The van der Waals surface area contributed by atoms with Crippen molar-refractivity contribution < 1.29 is 19.8 Å². The van der Waals surface area contributed by atoms with E-state index in [0.29, 0.717) is 0 Å². The molecule has 2 N–H and O–H groups in total. The Labute approximate surface area is 153 Å². The molecule has 0 aliphatic rings. The Kier molecular flexibility index (Phi) is 20.5. The first kappa shape index (κ1) is 25.4. The molecule has 0 aromatic carbocycles. The largest absolute Gasteiger partial charge is 0.481 e. The zero-order chi connectivity index (χ0) is 19.3. The molecule has 1 atom stereocenters. The van der Waals surface area contributed by atoms with Crippen LogP contribution in [0.15, 0.2) is 37.0 Å². The molecule has 144 valence electrons. The number of hydrogen-bond donors (Lipinski definition) is 2. The van der Waals surface area contributed by atoms with E-state index in [-0.39, 0.29) is 5.92 Å². The molecule has 1 unspecified atom stereocenters.